The summed E-state index contributed by atoms with van der Waals surface area (Å²) in [7, 11) is -1.20. The number of anilines is 1. The number of amides is 1. The SMILES string of the molecule is Cc1cc(CC(=O)Nc2cnn(C(C)(C)C)c2)ccc1Oc1ccnc2ccc(S(=O)Cc3ccccc3)cc12. The summed E-state index contributed by atoms with van der Waals surface area (Å²) < 4.78 is 21.2. The lowest BCUT2D eigenvalue weighted by atomic mass is 10.1. The normalized spacial score (nSPS) is 12.3. The van der Waals surface area contributed by atoms with Crippen LogP contribution in [0.4, 0.5) is 5.69 Å². The van der Waals surface area contributed by atoms with Crippen LogP contribution in [0.1, 0.15) is 37.5 Å². The molecular formula is C32H32N4O3S. The molecule has 3 aromatic carbocycles. The van der Waals surface area contributed by atoms with Crippen LogP contribution in [0.15, 0.2) is 96.3 Å². The van der Waals surface area contributed by atoms with Gasteiger partial charge in [0.05, 0.1) is 45.9 Å². The Hall–Kier alpha value is -4.30. The third kappa shape index (κ3) is 6.46. The molecule has 0 aliphatic carbocycles. The Morgan fingerprint density at radius 2 is 1.77 bits per heavy atom. The zero-order valence-corrected chi connectivity index (χ0v) is 23.9. The third-order valence-electron chi connectivity index (χ3n) is 6.45. The minimum Gasteiger partial charge on any atom is -0.456 e. The molecule has 0 saturated heterocycles. The summed E-state index contributed by atoms with van der Waals surface area (Å²) in [5.41, 5.74) is 4.08. The largest absolute Gasteiger partial charge is 0.456 e. The van der Waals surface area contributed by atoms with Gasteiger partial charge in [0, 0.05) is 22.7 Å². The number of carbonyl (C=O) groups is 1. The van der Waals surface area contributed by atoms with Crippen molar-refractivity contribution in [1.29, 1.82) is 0 Å². The fraction of sp³-hybridized carbons (Fsp3) is 0.219. The number of rotatable bonds is 8. The molecule has 40 heavy (non-hydrogen) atoms. The number of nitrogens with zero attached hydrogens (tertiary/aromatic N) is 3. The molecule has 5 rings (SSSR count). The number of benzene rings is 3. The number of aryl methyl sites for hydroxylation is 1. The number of aromatic nitrogens is 3. The van der Waals surface area contributed by atoms with Crippen LogP contribution >= 0.6 is 0 Å². The Morgan fingerprint density at radius 1 is 0.975 bits per heavy atom. The second-order valence-corrected chi connectivity index (χ2v) is 12.2. The van der Waals surface area contributed by atoms with Crippen LogP contribution in [-0.2, 0) is 33.3 Å². The van der Waals surface area contributed by atoms with Crippen LogP contribution in [0, 0.1) is 6.92 Å². The van der Waals surface area contributed by atoms with Crippen molar-refractivity contribution in [2.75, 3.05) is 5.32 Å². The molecule has 0 aliphatic heterocycles. The highest BCUT2D eigenvalue weighted by Gasteiger charge is 2.16. The molecule has 0 bridgehead atoms. The molecule has 0 fully saturated rings. The molecule has 2 heterocycles. The first-order chi connectivity index (χ1) is 19.2. The quantitative estimate of drug-likeness (QED) is 0.229. The summed E-state index contributed by atoms with van der Waals surface area (Å²) in [4.78, 5) is 17.8. The van der Waals surface area contributed by atoms with Crippen molar-refractivity contribution in [2.24, 2.45) is 0 Å². The standard InChI is InChI=1S/C32H32N4O3S/c1-22-16-24(17-31(37)35-25-19-34-36(20-25)32(2,3)4)10-13-29(22)39-30-14-15-33-28-12-11-26(18-27(28)30)40(38)21-23-8-6-5-7-9-23/h5-16,18-20H,17,21H2,1-4H3,(H,35,37). The van der Waals surface area contributed by atoms with Gasteiger partial charge in [-0.2, -0.15) is 5.10 Å². The first kappa shape index (κ1) is 27.3. The Balaban J connectivity index is 1.30. The first-order valence-corrected chi connectivity index (χ1v) is 14.4. The summed E-state index contributed by atoms with van der Waals surface area (Å²) in [5, 5.41) is 8.05. The number of hydrogen-bond acceptors (Lipinski definition) is 5. The van der Waals surface area contributed by atoms with Gasteiger partial charge in [-0.3, -0.25) is 18.7 Å². The van der Waals surface area contributed by atoms with Crippen LogP contribution < -0.4 is 10.1 Å². The van der Waals surface area contributed by atoms with Crippen molar-refractivity contribution in [1.82, 2.24) is 14.8 Å². The average molecular weight is 553 g/mol. The van der Waals surface area contributed by atoms with Crippen molar-refractivity contribution < 1.29 is 13.7 Å². The van der Waals surface area contributed by atoms with E-state index < -0.39 is 10.8 Å². The van der Waals surface area contributed by atoms with Crippen LogP contribution in [0.25, 0.3) is 10.9 Å². The maximum Gasteiger partial charge on any atom is 0.228 e. The summed E-state index contributed by atoms with van der Waals surface area (Å²) >= 11 is 0. The highest BCUT2D eigenvalue weighted by atomic mass is 32.2. The van der Waals surface area contributed by atoms with E-state index in [1.807, 2.05) is 90.6 Å². The molecule has 1 unspecified atom stereocenters. The van der Waals surface area contributed by atoms with E-state index in [2.05, 4.69) is 36.2 Å². The molecule has 0 aliphatic rings. The first-order valence-electron chi connectivity index (χ1n) is 13.1. The van der Waals surface area contributed by atoms with Gasteiger partial charge in [0.2, 0.25) is 5.91 Å². The average Bonchev–Trinajstić information content (AvgIpc) is 3.40. The van der Waals surface area contributed by atoms with Gasteiger partial charge in [-0.1, -0.05) is 42.5 Å². The van der Waals surface area contributed by atoms with E-state index in [9.17, 15) is 9.00 Å². The molecule has 8 heteroatoms. The lowest BCUT2D eigenvalue weighted by molar-refractivity contribution is -0.115. The van der Waals surface area contributed by atoms with Crippen LogP contribution in [0.5, 0.6) is 11.5 Å². The van der Waals surface area contributed by atoms with Crippen molar-refractivity contribution in [2.45, 2.75) is 50.3 Å². The van der Waals surface area contributed by atoms with E-state index in [0.717, 1.165) is 32.5 Å². The molecule has 1 atom stereocenters. The van der Waals surface area contributed by atoms with Gasteiger partial charge in [0.15, 0.2) is 0 Å². The second kappa shape index (κ2) is 11.4. The van der Waals surface area contributed by atoms with Gasteiger partial charge >= 0.3 is 0 Å². The smallest absolute Gasteiger partial charge is 0.228 e. The van der Waals surface area contributed by atoms with Crippen LogP contribution in [-0.4, -0.2) is 24.9 Å². The van der Waals surface area contributed by atoms with Crippen LogP contribution in [0.3, 0.4) is 0 Å². The van der Waals surface area contributed by atoms with E-state index in [0.29, 0.717) is 22.9 Å². The topological polar surface area (TPSA) is 86.1 Å². The number of ether oxygens (including phenoxy) is 1. The molecule has 5 aromatic rings. The summed E-state index contributed by atoms with van der Waals surface area (Å²) in [6.07, 6.45) is 5.43. The zero-order chi connectivity index (χ0) is 28.3. The molecule has 2 aromatic heterocycles. The number of nitrogens with one attached hydrogen (secondary N) is 1. The Bertz CT molecular complexity index is 1690. The maximum atomic E-state index is 13.1. The zero-order valence-electron chi connectivity index (χ0n) is 23.0. The maximum absolute atomic E-state index is 13.1. The number of pyridine rings is 1. The number of fused-ring (bicyclic) bond motifs is 1. The van der Waals surface area contributed by atoms with E-state index >= 15 is 0 Å². The molecule has 0 radical (unpaired) electrons. The molecule has 1 N–H and O–H groups in total. The van der Waals surface area contributed by atoms with Crippen molar-refractivity contribution in [3.05, 3.63) is 108 Å². The predicted molar refractivity (Wildman–Crippen MR) is 159 cm³/mol. The number of carbonyl (C=O) groups excluding carboxylic acids is 1. The highest BCUT2D eigenvalue weighted by molar-refractivity contribution is 7.84. The molecule has 1 amide bonds. The summed E-state index contributed by atoms with van der Waals surface area (Å²) in [6.45, 7) is 8.11. The van der Waals surface area contributed by atoms with E-state index in [-0.39, 0.29) is 17.9 Å². The lowest BCUT2D eigenvalue weighted by Gasteiger charge is -2.18. The lowest BCUT2D eigenvalue weighted by Crippen LogP contribution is -2.22. The van der Waals surface area contributed by atoms with Gasteiger partial charge in [-0.05, 0) is 74.7 Å². The van der Waals surface area contributed by atoms with Gasteiger partial charge in [0.25, 0.3) is 0 Å². The minimum absolute atomic E-state index is 0.113. The minimum atomic E-state index is -1.20. The second-order valence-electron chi connectivity index (χ2n) is 10.7. The molecular weight excluding hydrogens is 520 g/mol. The van der Waals surface area contributed by atoms with Gasteiger partial charge in [0.1, 0.15) is 11.5 Å². The molecule has 0 spiro atoms. The van der Waals surface area contributed by atoms with E-state index in [1.165, 1.54) is 0 Å². The highest BCUT2D eigenvalue weighted by Crippen LogP contribution is 2.32. The Kier molecular flexibility index (Phi) is 7.80. The summed E-state index contributed by atoms with van der Waals surface area (Å²) in [6, 6.07) is 23.0. The van der Waals surface area contributed by atoms with Gasteiger partial charge < -0.3 is 10.1 Å². The fourth-order valence-electron chi connectivity index (χ4n) is 4.34. The van der Waals surface area contributed by atoms with E-state index in [1.54, 1.807) is 12.4 Å². The van der Waals surface area contributed by atoms with Crippen molar-refractivity contribution in [3.63, 3.8) is 0 Å². The monoisotopic (exact) mass is 552 g/mol. The summed E-state index contributed by atoms with van der Waals surface area (Å²) in [5.74, 6) is 1.64. The van der Waals surface area contributed by atoms with Crippen molar-refractivity contribution in [3.8, 4) is 11.5 Å². The Labute approximate surface area is 236 Å². The van der Waals surface area contributed by atoms with Crippen molar-refractivity contribution >= 4 is 33.3 Å². The molecule has 204 valence electrons. The predicted octanol–water partition coefficient (Wildman–Crippen LogP) is 6.78. The number of hydrogen-bond donors (Lipinski definition) is 1. The van der Waals surface area contributed by atoms with Crippen LogP contribution in [0.2, 0.25) is 0 Å². The van der Waals surface area contributed by atoms with Gasteiger partial charge in [-0.25, -0.2) is 0 Å². The third-order valence-corrected chi connectivity index (χ3v) is 7.83. The van der Waals surface area contributed by atoms with Gasteiger partial charge in [-0.15, -0.1) is 0 Å². The Morgan fingerprint density at radius 3 is 2.50 bits per heavy atom. The van der Waals surface area contributed by atoms with E-state index in [4.69, 9.17) is 4.74 Å². The molecule has 0 saturated carbocycles. The molecule has 7 nitrogen and oxygen atoms in total. The fourth-order valence-corrected chi connectivity index (χ4v) is 5.47.